The monoisotopic (exact) mass is 256 g/mol. The summed E-state index contributed by atoms with van der Waals surface area (Å²) in [5.41, 5.74) is 5.65. The van der Waals surface area contributed by atoms with Crippen LogP contribution in [0.5, 0.6) is 0 Å². The number of rotatable bonds is 3. The molecule has 0 fully saturated rings. The normalized spacial score (nSPS) is 11.9. The van der Waals surface area contributed by atoms with Crippen molar-refractivity contribution in [1.29, 1.82) is 0 Å². The molecule has 1 aromatic heterocycles. The van der Waals surface area contributed by atoms with E-state index in [1.54, 1.807) is 13.0 Å². The SMILES string of the molecule is CC(=O)/C=C(/C)Nc1cccc2c1c(C)c(C)n2C. The van der Waals surface area contributed by atoms with Crippen molar-refractivity contribution in [2.75, 3.05) is 5.32 Å². The number of carbonyl (C=O) groups excluding carboxylic acids is 1. The van der Waals surface area contributed by atoms with Gasteiger partial charge in [0, 0.05) is 29.5 Å². The van der Waals surface area contributed by atoms with Crippen LogP contribution in [0.3, 0.4) is 0 Å². The molecule has 0 saturated heterocycles. The second-order valence-corrected chi connectivity index (χ2v) is 5.03. The van der Waals surface area contributed by atoms with Crippen molar-refractivity contribution >= 4 is 22.4 Å². The van der Waals surface area contributed by atoms with Gasteiger partial charge in [0.15, 0.2) is 5.78 Å². The standard InChI is InChI=1S/C16H20N2O/c1-10(9-11(2)19)17-14-7-6-8-15-16(14)12(3)13(4)18(15)5/h6-9,17H,1-5H3/b10-9-. The number of fused-ring (bicyclic) bond motifs is 1. The summed E-state index contributed by atoms with van der Waals surface area (Å²) < 4.78 is 2.19. The number of allylic oxidation sites excluding steroid dienone is 2. The van der Waals surface area contributed by atoms with E-state index in [9.17, 15) is 4.79 Å². The maximum Gasteiger partial charge on any atom is 0.154 e. The minimum absolute atomic E-state index is 0.0538. The van der Waals surface area contributed by atoms with Gasteiger partial charge in [0.05, 0.1) is 5.52 Å². The zero-order chi connectivity index (χ0) is 14.2. The summed E-state index contributed by atoms with van der Waals surface area (Å²) in [5.74, 6) is 0.0538. The maximum atomic E-state index is 11.1. The lowest BCUT2D eigenvalue weighted by atomic mass is 10.1. The number of nitrogens with one attached hydrogen (secondary N) is 1. The van der Waals surface area contributed by atoms with Gasteiger partial charge in [0.2, 0.25) is 0 Å². The van der Waals surface area contributed by atoms with Gasteiger partial charge in [-0.1, -0.05) is 6.07 Å². The van der Waals surface area contributed by atoms with Gasteiger partial charge in [-0.25, -0.2) is 0 Å². The minimum atomic E-state index is 0.0538. The molecule has 0 aliphatic carbocycles. The van der Waals surface area contributed by atoms with Gasteiger partial charge in [0.25, 0.3) is 0 Å². The first-order valence-electron chi connectivity index (χ1n) is 6.42. The summed E-state index contributed by atoms with van der Waals surface area (Å²) in [6, 6.07) is 6.20. The lowest BCUT2D eigenvalue weighted by molar-refractivity contribution is -0.112. The van der Waals surface area contributed by atoms with E-state index in [-0.39, 0.29) is 5.78 Å². The van der Waals surface area contributed by atoms with Crippen LogP contribution < -0.4 is 5.32 Å². The second-order valence-electron chi connectivity index (χ2n) is 5.03. The average Bonchev–Trinajstić information content (AvgIpc) is 2.54. The summed E-state index contributed by atoms with van der Waals surface area (Å²) in [6.45, 7) is 7.72. The summed E-state index contributed by atoms with van der Waals surface area (Å²) in [5, 5.41) is 4.55. The maximum absolute atomic E-state index is 11.1. The zero-order valence-electron chi connectivity index (χ0n) is 12.2. The van der Waals surface area contributed by atoms with Gasteiger partial charge in [0.1, 0.15) is 0 Å². The van der Waals surface area contributed by atoms with Crippen molar-refractivity contribution in [2.24, 2.45) is 7.05 Å². The van der Waals surface area contributed by atoms with E-state index in [4.69, 9.17) is 0 Å². The van der Waals surface area contributed by atoms with Crippen LogP contribution in [0.2, 0.25) is 0 Å². The van der Waals surface area contributed by atoms with E-state index in [1.165, 1.54) is 22.2 Å². The molecular weight excluding hydrogens is 236 g/mol. The number of carbonyl (C=O) groups is 1. The molecule has 1 heterocycles. The van der Waals surface area contributed by atoms with E-state index in [0.717, 1.165) is 11.4 Å². The molecule has 0 aliphatic rings. The summed E-state index contributed by atoms with van der Waals surface area (Å²) in [4.78, 5) is 11.1. The number of anilines is 1. The molecule has 0 unspecified atom stereocenters. The van der Waals surface area contributed by atoms with E-state index >= 15 is 0 Å². The third-order valence-corrected chi connectivity index (χ3v) is 3.58. The van der Waals surface area contributed by atoms with Crippen LogP contribution in [-0.2, 0) is 11.8 Å². The average molecular weight is 256 g/mol. The van der Waals surface area contributed by atoms with Crippen molar-refractivity contribution in [3.63, 3.8) is 0 Å². The first kappa shape index (κ1) is 13.4. The smallest absolute Gasteiger partial charge is 0.154 e. The largest absolute Gasteiger partial charge is 0.358 e. The van der Waals surface area contributed by atoms with Crippen LogP contribution >= 0.6 is 0 Å². The first-order chi connectivity index (χ1) is 8.91. The van der Waals surface area contributed by atoms with Gasteiger partial charge in [-0.15, -0.1) is 0 Å². The molecule has 0 spiro atoms. The quantitative estimate of drug-likeness (QED) is 0.850. The molecule has 0 atom stereocenters. The number of ketones is 1. The van der Waals surface area contributed by atoms with Crippen LogP contribution in [0.1, 0.15) is 25.1 Å². The molecule has 19 heavy (non-hydrogen) atoms. The van der Waals surface area contributed by atoms with Crippen LogP contribution in [0.25, 0.3) is 10.9 Å². The Morgan fingerprint density at radius 2 is 1.95 bits per heavy atom. The highest BCUT2D eigenvalue weighted by Crippen LogP contribution is 2.31. The Hall–Kier alpha value is -2.03. The van der Waals surface area contributed by atoms with Crippen molar-refractivity contribution in [1.82, 2.24) is 4.57 Å². The van der Waals surface area contributed by atoms with Crippen molar-refractivity contribution < 1.29 is 4.79 Å². The summed E-state index contributed by atoms with van der Waals surface area (Å²) in [6.07, 6.45) is 1.62. The molecular formula is C16H20N2O. The fourth-order valence-corrected chi connectivity index (χ4v) is 2.48. The molecule has 1 aromatic carbocycles. The molecule has 0 bridgehead atoms. The number of nitrogens with zero attached hydrogens (tertiary/aromatic N) is 1. The third kappa shape index (κ3) is 2.41. The zero-order valence-corrected chi connectivity index (χ0v) is 12.2. The van der Waals surface area contributed by atoms with Crippen molar-refractivity contribution in [3.8, 4) is 0 Å². The number of hydrogen-bond donors (Lipinski definition) is 1. The van der Waals surface area contributed by atoms with Crippen molar-refractivity contribution in [2.45, 2.75) is 27.7 Å². The fourth-order valence-electron chi connectivity index (χ4n) is 2.48. The molecule has 0 radical (unpaired) electrons. The number of aryl methyl sites for hydroxylation is 2. The fraction of sp³-hybridized carbons (Fsp3) is 0.312. The van der Waals surface area contributed by atoms with Crippen LogP contribution in [0.15, 0.2) is 30.0 Å². The molecule has 3 nitrogen and oxygen atoms in total. The molecule has 0 amide bonds. The Morgan fingerprint density at radius 1 is 1.26 bits per heavy atom. The predicted octanol–water partition coefficient (Wildman–Crippen LogP) is 3.70. The molecule has 0 aliphatic heterocycles. The van der Waals surface area contributed by atoms with Crippen LogP contribution in [0.4, 0.5) is 5.69 Å². The lowest BCUT2D eigenvalue weighted by Crippen LogP contribution is -1.99. The van der Waals surface area contributed by atoms with E-state index in [1.807, 2.05) is 19.1 Å². The Labute approximate surface area is 113 Å². The van der Waals surface area contributed by atoms with Gasteiger partial charge < -0.3 is 9.88 Å². The van der Waals surface area contributed by atoms with E-state index < -0.39 is 0 Å². The highest BCUT2D eigenvalue weighted by Gasteiger charge is 2.11. The van der Waals surface area contributed by atoms with E-state index in [0.29, 0.717) is 0 Å². The molecule has 1 N–H and O–H groups in total. The van der Waals surface area contributed by atoms with Gasteiger partial charge >= 0.3 is 0 Å². The number of aromatic nitrogens is 1. The van der Waals surface area contributed by atoms with Gasteiger partial charge in [-0.05, 0) is 51.5 Å². The Bertz CT molecular complexity index is 678. The molecule has 2 rings (SSSR count). The third-order valence-electron chi connectivity index (χ3n) is 3.58. The van der Waals surface area contributed by atoms with Gasteiger partial charge in [-0.3, -0.25) is 4.79 Å². The van der Waals surface area contributed by atoms with Crippen LogP contribution in [-0.4, -0.2) is 10.4 Å². The minimum Gasteiger partial charge on any atom is -0.358 e. The highest BCUT2D eigenvalue weighted by molar-refractivity contribution is 5.97. The molecule has 3 heteroatoms. The summed E-state index contributed by atoms with van der Waals surface area (Å²) >= 11 is 0. The molecule has 100 valence electrons. The van der Waals surface area contributed by atoms with Crippen LogP contribution in [0, 0.1) is 13.8 Å². The van der Waals surface area contributed by atoms with E-state index in [2.05, 4.69) is 36.8 Å². The Balaban J connectivity index is 2.56. The second kappa shape index (κ2) is 4.92. The Morgan fingerprint density at radius 3 is 2.58 bits per heavy atom. The molecule has 0 saturated carbocycles. The molecule has 2 aromatic rings. The topological polar surface area (TPSA) is 34.0 Å². The number of hydrogen-bond acceptors (Lipinski definition) is 2. The Kier molecular flexibility index (Phi) is 3.47. The number of benzene rings is 1. The first-order valence-corrected chi connectivity index (χ1v) is 6.42. The summed E-state index contributed by atoms with van der Waals surface area (Å²) in [7, 11) is 2.08. The lowest BCUT2D eigenvalue weighted by Gasteiger charge is -2.09. The predicted molar refractivity (Wildman–Crippen MR) is 80.5 cm³/mol. The van der Waals surface area contributed by atoms with Gasteiger partial charge in [-0.2, -0.15) is 0 Å². The van der Waals surface area contributed by atoms with Crippen molar-refractivity contribution in [3.05, 3.63) is 41.2 Å². The highest BCUT2D eigenvalue weighted by atomic mass is 16.1.